The van der Waals surface area contributed by atoms with Gasteiger partial charge in [-0.25, -0.2) is 0 Å². The summed E-state index contributed by atoms with van der Waals surface area (Å²) in [6.45, 7) is 7.76. The zero-order chi connectivity index (χ0) is 19.1. The summed E-state index contributed by atoms with van der Waals surface area (Å²) in [7, 11) is 1.93. The van der Waals surface area contributed by atoms with Crippen LogP contribution >= 0.6 is 11.6 Å². The third kappa shape index (κ3) is 3.62. The molecular weight excluding hydrogens is 358 g/mol. The van der Waals surface area contributed by atoms with Crippen molar-refractivity contribution in [3.05, 3.63) is 34.5 Å². The van der Waals surface area contributed by atoms with E-state index in [-0.39, 0.29) is 5.91 Å². The fraction of sp³-hybridized carbons (Fsp3) is 0.591. The zero-order valence-corrected chi connectivity index (χ0v) is 17.4. The molecule has 0 aliphatic carbocycles. The fourth-order valence-corrected chi connectivity index (χ4v) is 4.81. The van der Waals surface area contributed by atoms with Gasteiger partial charge in [0.2, 0.25) is 5.91 Å². The Labute approximate surface area is 167 Å². The van der Waals surface area contributed by atoms with E-state index in [1.54, 1.807) is 0 Å². The molecule has 0 spiro atoms. The van der Waals surface area contributed by atoms with E-state index < -0.39 is 0 Å². The number of likely N-dealkylation sites (N-methyl/N-ethyl adjacent to an activating group) is 1. The predicted molar refractivity (Wildman–Crippen MR) is 111 cm³/mol. The summed E-state index contributed by atoms with van der Waals surface area (Å²) in [6, 6.07) is 6.77. The summed E-state index contributed by atoms with van der Waals surface area (Å²) in [6.07, 6.45) is 4.68. The molecule has 1 fully saturated rings. The maximum absolute atomic E-state index is 12.9. The minimum Gasteiger partial charge on any atom is -0.344 e. The van der Waals surface area contributed by atoms with Crippen molar-refractivity contribution in [1.82, 2.24) is 14.4 Å². The van der Waals surface area contributed by atoms with Crippen molar-refractivity contribution >= 4 is 28.4 Å². The molecule has 27 heavy (non-hydrogen) atoms. The molecule has 5 heteroatoms. The first kappa shape index (κ1) is 18.8. The monoisotopic (exact) mass is 387 g/mol. The molecule has 2 aliphatic heterocycles. The fourth-order valence-electron chi connectivity index (χ4n) is 4.63. The molecule has 1 aromatic carbocycles. The first-order valence-electron chi connectivity index (χ1n) is 10.2. The van der Waals surface area contributed by atoms with Gasteiger partial charge < -0.3 is 9.47 Å². The van der Waals surface area contributed by atoms with Crippen molar-refractivity contribution in [2.45, 2.75) is 58.7 Å². The summed E-state index contributed by atoms with van der Waals surface area (Å²) in [5, 5.41) is 2.01. The first-order valence-corrected chi connectivity index (χ1v) is 10.6. The van der Waals surface area contributed by atoms with Gasteiger partial charge in [0, 0.05) is 47.8 Å². The largest absolute Gasteiger partial charge is 0.344 e. The molecule has 4 nitrogen and oxygen atoms in total. The molecule has 1 unspecified atom stereocenters. The lowest BCUT2D eigenvalue weighted by atomic mass is 9.97. The van der Waals surface area contributed by atoms with E-state index in [9.17, 15) is 4.79 Å². The summed E-state index contributed by atoms with van der Waals surface area (Å²) >= 11 is 6.31. The highest BCUT2D eigenvalue weighted by Crippen LogP contribution is 2.37. The van der Waals surface area contributed by atoms with E-state index in [1.165, 1.54) is 36.0 Å². The highest BCUT2D eigenvalue weighted by atomic mass is 35.5. The Bertz CT molecular complexity index is 857. The molecule has 4 rings (SSSR count). The minimum absolute atomic E-state index is 0.189. The number of halogens is 1. The number of aromatic nitrogens is 1. The third-order valence-corrected chi connectivity index (χ3v) is 6.54. The summed E-state index contributed by atoms with van der Waals surface area (Å²) in [5.74, 6) is 0.795. The van der Waals surface area contributed by atoms with Crippen LogP contribution in [0.15, 0.2) is 18.2 Å². The number of carbonyl (C=O) groups excluding carboxylic acids is 1. The molecule has 1 saturated heterocycles. The minimum atomic E-state index is 0.189. The molecule has 3 heterocycles. The van der Waals surface area contributed by atoms with E-state index in [4.69, 9.17) is 11.6 Å². The van der Waals surface area contributed by atoms with E-state index in [2.05, 4.69) is 35.4 Å². The first-order chi connectivity index (χ1) is 12.9. The predicted octanol–water partition coefficient (Wildman–Crippen LogP) is 4.32. The molecule has 0 radical (unpaired) electrons. The average molecular weight is 388 g/mol. The van der Waals surface area contributed by atoms with Crippen LogP contribution in [0.2, 0.25) is 5.02 Å². The number of hydrogen-bond acceptors (Lipinski definition) is 2. The van der Waals surface area contributed by atoms with E-state index in [1.807, 2.05) is 18.0 Å². The summed E-state index contributed by atoms with van der Waals surface area (Å²) in [5.41, 5.74) is 3.88. The molecular formula is C22H30ClN3O. The highest BCUT2D eigenvalue weighted by Gasteiger charge is 2.34. The Morgan fingerprint density at radius 3 is 2.96 bits per heavy atom. The van der Waals surface area contributed by atoms with E-state index in [0.29, 0.717) is 18.5 Å². The van der Waals surface area contributed by atoms with Gasteiger partial charge in [0.25, 0.3) is 0 Å². The van der Waals surface area contributed by atoms with Gasteiger partial charge in [-0.2, -0.15) is 0 Å². The van der Waals surface area contributed by atoms with Crippen LogP contribution in [-0.4, -0.2) is 46.5 Å². The molecule has 1 amide bonds. The molecule has 0 N–H and O–H groups in total. The number of fused-ring (bicyclic) bond motifs is 4. The lowest BCUT2D eigenvalue weighted by Gasteiger charge is -2.31. The van der Waals surface area contributed by atoms with Crippen LogP contribution in [0.3, 0.4) is 0 Å². The lowest BCUT2D eigenvalue weighted by molar-refractivity contribution is -0.130. The van der Waals surface area contributed by atoms with Gasteiger partial charge in [0.1, 0.15) is 6.54 Å². The Balaban J connectivity index is 1.67. The second kappa shape index (κ2) is 7.48. The van der Waals surface area contributed by atoms with Crippen LogP contribution in [-0.2, 0) is 24.3 Å². The number of amides is 1. The van der Waals surface area contributed by atoms with Crippen LogP contribution in [0.1, 0.15) is 44.4 Å². The maximum atomic E-state index is 12.9. The van der Waals surface area contributed by atoms with Crippen molar-refractivity contribution in [2.24, 2.45) is 5.92 Å². The molecule has 0 bridgehead atoms. The molecule has 1 atom stereocenters. The Kier molecular flexibility index (Phi) is 5.21. The lowest BCUT2D eigenvalue weighted by Crippen LogP contribution is -2.37. The van der Waals surface area contributed by atoms with Gasteiger partial charge in [-0.15, -0.1) is 0 Å². The number of benzene rings is 1. The van der Waals surface area contributed by atoms with E-state index in [0.717, 1.165) is 36.5 Å². The normalized spacial score (nSPS) is 19.5. The van der Waals surface area contributed by atoms with Crippen molar-refractivity contribution in [3.63, 3.8) is 0 Å². The van der Waals surface area contributed by atoms with Crippen LogP contribution in [0.4, 0.5) is 0 Å². The molecule has 146 valence electrons. The number of carbonyl (C=O) groups is 1. The Morgan fingerprint density at radius 2 is 2.19 bits per heavy atom. The van der Waals surface area contributed by atoms with Crippen LogP contribution < -0.4 is 0 Å². The van der Waals surface area contributed by atoms with Gasteiger partial charge in [0.05, 0.1) is 0 Å². The van der Waals surface area contributed by atoms with E-state index >= 15 is 0 Å². The Morgan fingerprint density at radius 1 is 1.37 bits per heavy atom. The van der Waals surface area contributed by atoms with Gasteiger partial charge in [0.15, 0.2) is 0 Å². The van der Waals surface area contributed by atoms with Crippen LogP contribution in [0, 0.1) is 5.92 Å². The van der Waals surface area contributed by atoms with Crippen molar-refractivity contribution in [2.75, 3.05) is 20.1 Å². The van der Waals surface area contributed by atoms with Gasteiger partial charge in [-0.05, 0) is 61.9 Å². The number of nitrogens with zero attached hydrogens (tertiary/aromatic N) is 3. The third-order valence-electron chi connectivity index (χ3n) is 6.30. The van der Waals surface area contributed by atoms with Gasteiger partial charge in [-0.1, -0.05) is 25.4 Å². The Hall–Kier alpha value is -1.52. The molecule has 1 aromatic heterocycles. The summed E-state index contributed by atoms with van der Waals surface area (Å²) in [4.78, 5) is 17.4. The van der Waals surface area contributed by atoms with Crippen molar-refractivity contribution in [1.29, 1.82) is 0 Å². The standard InChI is InChI=1S/C22H30ClN3O/c1-15(2)8-10-24(3)22(27)14-26-20-7-6-16(23)11-18(20)19-12-17-5-4-9-25(17)13-21(19)26/h6-7,11,15,17H,4-5,8-10,12-14H2,1-3H3. The van der Waals surface area contributed by atoms with Crippen LogP contribution in [0.5, 0.6) is 0 Å². The maximum Gasteiger partial charge on any atom is 0.242 e. The quantitative estimate of drug-likeness (QED) is 0.764. The summed E-state index contributed by atoms with van der Waals surface area (Å²) < 4.78 is 2.25. The number of rotatable bonds is 5. The molecule has 0 saturated carbocycles. The SMILES string of the molecule is CC(C)CCN(C)C(=O)Cn1c2c(c3cc(Cl)ccc31)CC1CCCN1C2. The van der Waals surface area contributed by atoms with Crippen LogP contribution in [0.25, 0.3) is 10.9 Å². The average Bonchev–Trinajstić information content (AvgIpc) is 3.20. The van der Waals surface area contributed by atoms with Gasteiger partial charge in [-0.3, -0.25) is 9.69 Å². The molecule has 2 aliphatic rings. The van der Waals surface area contributed by atoms with Crippen molar-refractivity contribution in [3.8, 4) is 0 Å². The topological polar surface area (TPSA) is 28.5 Å². The van der Waals surface area contributed by atoms with Gasteiger partial charge >= 0.3 is 0 Å². The second-order valence-electron chi connectivity index (χ2n) is 8.64. The number of hydrogen-bond donors (Lipinski definition) is 0. The smallest absolute Gasteiger partial charge is 0.242 e. The molecule has 2 aromatic rings. The van der Waals surface area contributed by atoms with Crippen molar-refractivity contribution < 1.29 is 4.79 Å². The zero-order valence-electron chi connectivity index (χ0n) is 16.7. The second-order valence-corrected chi connectivity index (χ2v) is 9.08. The highest BCUT2D eigenvalue weighted by molar-refractivity contribution is 6.31.